The molecule has 2 aliphatic rings. The Morgan fingerprint density at radius 3 is 1.52 bits per heavy atom. The van der Waals surface area contributed by atoms with Crippen LogP contribution in [-0.4, -0.2) is 12.1 Å². The molecule has 23 heavy (non-hydrogen) atoms. The molecule has 0 amide bonds. The van der Waals surface area contributed by atoms with E-state index in [4.69, 9.17) is 0 Å². The number of hydrogen-bond donors (Lipinski definition) is 2. The smallest absolute Gasteiger partial charge is 0.0342 e. The van der Waals surface area contributed by atoms with Crippen LogP contribution in [0.15, 0.2) is 60.7 Å². The van der Waals surface area contributed by atoms with Crippen molar-refractivity contribution in [3.63, 3.8) is 0 Å². The molecule has 2 aromatic carbocycles. The van der Waals surface area contributed by atoms with E-state index in [9.17, 15) is 0 Å². The maximum absolute atomic E-state index is 3.85. The molecule has 2 unspecified atom stereocenters. The van der Waals surface area contributed by atoms with Gasteiger partial charge >= 0.3 is 0 Å². The lowest BCUT2D eigenvalue weighted by Gasteiger charge is -2.39. The first kappa shape index (κ1) is 14.6. The van der Waals surface area contributed by atoms with Crippen LogP contribution in [0.4, 0.5) is 11.4 Å². The summed E-state index contributed by atoms with van der Waals surface area (Å²) in [6.07, 6.45) is 7.97. The molecule has 2 atom stereocenters. The van der Waals surface area contributed by atoms with Crippen molar-refractivity contribution in [2.45, 2.75) is 50.6 Å². The van der Waals surface area contributed by atoms with Gasteiger partial charge in [-0.3, -0.25) is 0 Å². The Kier molecular flexibility index (Phi) is 3.99. The van der Waals surface area contributed by atoms with E-state index in [1.807, 2.05) is 0 Å². The van der Waals surface area contributed by atoms with Gasteiger partial charge in [-0.1, -0.05) is 49.2 Å². The second kappa shape index (κ2) is 6.27. The van der Waals surface area contributed by atoms with E-state index in [1.165, 1.54) is 49.9 Å². The molecule has 0 radical (unpaired) electrons. The molecule has 2 aliphatic carbocycles. The van der Waals surface area contributed by atoms with Crippen LogP contribution in [0, 0.1) is 5.41 Å². The van der Waals surface area contributed by atoms with E-state index in [1.54, 1.807) is 0 Å². The van der Waals surface area contributed by atoms with Gasteiger partial charge in [0.2, 0.25) is 0 Å². The first-order valence-electron chi connectivity index (χ1n) is 9.00. The molecule has 2 N–H and O–H groups in total. The second-order valence-corrected chi connectivity index (χ2v) is 7.14. The fourth-order valence-electron chi connectivity index (χ4n) is 4.81. The van der Waals surface area contributed by atoms with Crippen molar-refractivity contribution in [2.24, 2.45) is 5.41 Å². The van der Waals surface area contributed by atoms with Crippen LogP contribution < -0.4 is 10.6 Å². The standard InChI is InChI=1S/C21H26N2/c1-3-9-17(10-4-1)22-19-13-7-15-21(19)16-8-14-20(21)23-18-11-5-2-6-12-18/h1-6,9-12,19-20,22-23H,7-8,13-16H2. The van der Waals surface area contributed by atoms with Gasteiger partial charge in [0.05, 0.1) is 0 Å². The summed E-state index contributed by atoms with van der Waals surface area (Å²) in [4.78, 5) is 0. The van der Waals surface area contributed by atoms with Gasteiger partial charge in [-0.05, 0) is 49.9 Å². The number of nitrogens with one attached hydrogen (secondary N) is 2. The molecular weight excluding hydrogens is 280 g/mol. The molecular formula is C21H26N2. The zero-order valence-corrected chi connectivity index (χ0v) is 13.7. The summed E-state index contributed by atoms with van der Waals surface area (Å²) < 4.78 is 0. The normalized spacial score (nSPS) is 29.7. The molecule has 1 spiro atoms. The summed E-state index contributed by atoms with van der Waals surface area (Å²) >= 11 is 0. The van der Waals surface area contributed by atoms with Crippen molar-refractivity contribution < 1.29 is 0 Å². The van der Waals surface area contributed by atoms with E-state index >= 15 is 0 Å². The predicted molar refractivity (Wildman–Crippen MR) is 97.8 cm³/mol. The van der Waals surface area contributed by atoms with Crippen molar-refractivity contribution in [3.05, 3.63) is 60.7 Å². The molecule has 0 aromatic heterocycles. The molecule has 0 aliphatic heterocycles. The molecule has 2 nitrogen and oxygen atoms in total. The second-order valence-electron chi connectivity index (χ2n) is 7.14. The highest BCUT2D eigenvalue weighted by atomic mass is 15.0. The minimum Gasteiger partial charge on any atom is -0.382 e. The Balaban J connectivity index is 1.54. The van der Waals surface area contributed by atoms with E-state index in [0.29, 0.717) is 17.5 Å². The Hall–Kier alpha value is -1.96. The largest absolute Gasteiger partial charge is 0.382 e. The molecule has 2 aromatic rings. The van der Waals surface area contributed by atoms with Crippen molar-refractivity contribution in [2.75, 3.05) is 10.6 Å². The molecule has 0 saturated heterocycles. The van der Waals surface area contributed by atoms with Gasteiger partial charge in [-0.25, -0.2) is 0 Å². The zero-order valence-electron chi connectivity index (χ0n) is 13.7. The highest BCUT2D eigenvalue weighted by molar-refractivity contribution is 5.47. The average Bonchev–Trinajstić information content (AvgIpc) is 3.18. The van der Waals surface area contributed by atoms with Gasteiger partial charge in [0.25, 0.3) is 0 Å². The lowest BCUT2D eigenvalue weighted by Crippen LogP contribution is -2.45. The first-order valence-corrected chi connectivity index (χ1v) is 9.00. The van der Waals surface area contributed by atoms with E-state index in [0.717, 1.165) is 0 Å². The van der Waals surface area contributed by atoms with Gasteiger partial charge < -0.3 is 10.6 Å². The summed E-state index contributed by atoms with van der Waals surface area (Å²) in [6.45, 7) is 0. The maximum atomic E-state index is 3.85. The highest BCUT2D eigenvalue weighted by Gasteiger charge is 2.51. The van der Waals surface area contributed by atoms with Crippen LogP contribution in [0.25, 0.3) is 0 Å². The fraction of sp³-hybridized carbons (Fsp3) is 0.429. The van der Waals surface area contributed by atoms with Gasteiger partial charge in [-0.15, -0.1) is 0 Å². The molecule has 0 bridgehead atoms. The van der Waals surface area contributed by atoms with Crippen LogP contribution in [0.2, 0.25) is 0 Å². The molecule has 0 heterocycles. The van der Waals surface area contributed by atoms with Crippen molar-refractivity contribution in [3.8, 4) is 0 Å². The minimum absolute atomic E-state index is 0.408. The average molecular weight is 306 g/mol. The lowest BCUT2D eigenvalue weighted by molar-refractivity contribution is 0.260. The van der Waals surface area contributed by atoms with Crippen molar-refractivity contribution in [1.82, 2.24) is 0 Å². The fourth-order valence-corrected chi connectivity index (χ4v) is 4.81. The summed E-state index contributed by atoms with van der Waals surface area (Å²) in [6, 6.07) is 22.6. The minimum atomic E-state index is 0.408. The monoisotopic (exact) mass is 306 g/mol. The summed E-state index contributed by atoms with van der Waals surface area (Å²) in [5.41, 5.74) is 2.94. The predicted octanol–water partition coefficient (Wildman–Crippen LogP) is 5.30. The van der Waals surface area contributed by atoms with Crippen LogP contribution in [0.3, 0.4) is 0 Å². The third-order valence-electron chi connectivity index (χ3n) is 5.89. The molecule has 2 heteroatoms. The number of anilines is 2. The van der Waals surface area contributed by atoms with E-state index < -0.39 is 0 Å². The Morgan fingerprint density at radius 1 is 0.652 bits per heavy atom. The van der Waals surface area contributed by atoms with Gasteiger partial charge in [0.15, 0.2) is 0 Å². The molecule has 2 fully saturated rings. The van der Waals surface area contributed by atoms with Crippen LogP contribution in [0.5, 0.6) is 0 Å². The number of para-hydroxylation sites is 2. The first-order chi connectivity index (χ1) is 11.4. The number of hydrogen-bond acceptors (Lipinski definition) is 2. The summed E-state index contributed by atoms with van der Waals surface area (Å²) in [5, 5.41) is 7.70. The van der Waals surface area contributed by atoms with Crippen molar-refractivity contribution in [1.29, 1.82) is 0 Å². The van der Waals surface area contributed by atoms with E-state index in [-0.39, 0.29) is 0 Å². The lowest BCUT2D eigenvalue weighted by atomic mass is 9.77. The Bertz CT molecular complexity index is 565. The zero-order chi connectivity index (χ0) is 15.5. The van der Waals surface area contributed by atoms with Crippen molar-refractivity contribution >= 4 is 11.4 Å². The third-order valence-corrected chi connectivity index (χ3v) is 5.89. The van der Waals surface area contributed by atoms with Crippen LogP contribution in [0.1, 0.15) is 38.5 Å². The van der Waals surface area contributed by atoms with Gasteiger partial charge in [-0.2, -0.15) is 0 Å². The summed E-state index contributed by atoms with van der Waals surface area (Å²) in [5.74, 6) is 0. The van der Waals surface area contributed by atoms with E-state index in [2.05, 4.69) is 71.3 Å². The number of benzene rings is 2. The third kappa shape index (κ3) is 2.83. The van der Waals surface area contributed by atoms with Gasteiger partial charge in [0.1, 0.15) is 0 Å². The van der Waals surface area contributed by atoms with Crippen LogP contribution >= 0.6 is 0 Å². The van der Waals surface area contributed by atoms with Crippen LogP contribution in [-0.2, 0) is 0 Å². The molecule has 2 saturated carbocycles. The number of rotatable bonds is 4. The SMILES string of the molecule is c1ccc(NC2CCCC23CCCC3Nc2ccccc2)cc1. The Morgan fingerprint density at radius 2 is 1.09 bits per heavy atom. The highest BCUT2D eigenvalue weighted by Crippen LogP contribution is 2.52. The molecule has 120 valence electrons. The maximum Gasteiger partial charge on any atom is 0.0342 e. The molecule has 4 rings (SSSR count). The topological polar surface area (TPSA) is 24.1 Å². The Labute approximate surface area is 139 Å². The van der Waals surface area contributed by atoms with Gasteiger partial charge in [0, 0.05) is 28.9 Å². The summed E-state index contributed by atoms with van der Waals surface area (Å²) in [7, 11) is 0. The quantitative estimate of drug-likeness (QED) is 0.800.